The Balaban J connectivity index is 1.93. The van der Waals surface area contributed by atoms with Crippen molar-refractivity contribution >= 4 is 21.9 Å². The number of nitrogens with zero attached hydrogens (tertiary/aromatic N) is 1. The smallest absolute Gasteiger partial charge is 0.383 e. The molecule has 4 aliphatic rings. The van der Waals surface area contributed by atoms with Gasteiger partial charge in [0, 0.05) is 0 Å². The topological polar surface area (TPSA) is 138 Å². The van der Waals surface area contributed by atoms with Crippen molar-refractivity contribution in [2.24, 2.45) is 0 Å². The lowest BCUT2D eigenvalue weighted by Gasteiger charge is -2.31. The van der Waals surface area contributed by atoms with Crippen LogP contribution in [0.25, 0.3) is 0 Å². The summed E-state index contributed by atoms with van der Waals surface area (Å²) in [4.78, 5) is 25.0. The van der Waals surface area contributed by atoms with Crippen LogP contribution in [0.2, 0.25) is 0 Å². The summed E-state index contributed by atoms with van der Waals surface area (Å²) in [6.45, 7) is -0.384. The maximum absolute atomic E-state index is 12.4. The summed E-state index contributed by atoms with van der Waals surface area (Å²) in [5.41, 5.74) is -0.416. The lowest BCUT2D eigenvalue weighted by molar-refractivity contribution is -0.401. The van der Waals surface area contributed by atoms with Crippen molar-refractivity contribution < 1.29 is 51.1 Å². The third-order valence-electron chi connectivity index (χ3n) is 3.12. The third kappa shape index (κ3) is 1.48. The van der Waals surface area contributed by atoms with Gasteiger partial charge in [0.25, 0.3) is 0 Å². The zero-order chi connectivity index (χ0) is 15.2. The molecule has 1 fully saturated rings. The summed E-state index contributed by atoms with van der Waals surface area (Å²) in [6.07, 6.45) is 0.361. The van der Waals surface area contributed by atoms with Crippen LogP contribution in [0.5, 0.6) is 11.6 Å². The fraction of sp³-hybridized carbons (Fsp3) is 0.250. The lowest BCUT2D eigenvalue weighted by atomic mass is 10.1. The summed E-state index contributed by atoms with van der Waals surface area (Å²) in [5.74, 6) is -2.94. The van der Waals surface area contributed by atoms with Crippen LogP contribution in [0.1, 0.15) is 21.6 Å². The largest absolute Gasteiger partial charge is 0.564 e. The molecule has 14 heteroatoms. The Hall–Kier alpha value is -1.36. The molecule has 12 nitrogen and oxygen atoms in total. The number of carbonyl (C=O) groups is 1. The Bertz CT molecular complexity index is 838. The molecule has 0 aromatic carbocycles. The van der Waals surface area contributed by atoms with Gasteiger partial charge in [-0.3, -0.25) is 9.32 Å². The average Bonchev–Trinajstić information content (AvgIpc) is 2.66. The molecule has 5 bridgehead atoms. The van der Waals surface area contributed by atoms with Crippen LogP contribution in [-0.4, -0.2) is 11.3 Å². The Morgan fingerprint density at radius 2 is 2.00 bits per heavy atom. The van der Waals surface area contributed by atoms with Crippen LogP contribution in [0.3, 0.4) is 0 Å². The summed E-state index contributed by atoms with van der Waals surface area (Å²) < 4.78 is 53.6. The van der Waals surface area contributed by atoms with E-state index in [4.69, 9.17) is 27.9 Å². The quantitative estimate of drug-likeness (QED) is 0.411. The SMILES string of the molecule is O=Cc1c2c3nc4c1C1(OOP(=O)(O4)O1)OP(=O)(OC3)OO2. The van der Waals surface area contributed by atoms with Crippen molar-refractivity contribution in [2.75, 3.05) is 0 Å². The van der Waals surface area contributed by atoms with Gasteiger partial charge in [0.2, 0.25) is 11.6 Å². The highest BCUT2D eigenvalue weighted by molar-refractivity contribution is 7.49. The van der Waals surface area contributed by atoms with Gasteiger partial charge < -0.3 is 9.41 Å². The van der Waals surface area contributed by atoms with Crippen LogP contribution < -0.4 is 9.41 Å². The molecule has 1 aromatic rings. The Labute approximate surface area is 120 Å². The molecule has 0 amide bonds. The molecule has 0 N–H and O–H groups in total. The minimum atomic E-state index is -4.36. The molecule has 3 unspecified atom stereocenters. The molecular weight excluding hydrogens is 348 g/mol. The van der Waals surface area contributed by atoms with Crippen molar-refractivity contribution in [3.8, 4) is 11.6 Å². The number of carbonyl (C=O) groups excluding carboxylic acids is 1. The van der Waals surface area contributed by atoms with Gasteiger partial charge in [0.1, 0.15) is 17.9 Å². The Kier molecular flexibility index (Phi) is 2.24. The van der Waals surface area contributed by atoms with Crippen LogP contribution in [-0.2, 0) is 49.5 Å². The molecule has 1 aromatic heterocycles. The molecule has 5 heterocycles. The second-order valence-electron chi connectivity index (χ2n) is 4.41. The van der Waals surface area contributed by atoms with E-state index in [1.165, 1.54) is 0 Å². The van der Waals surface area contributed by atoms with Crippen molar-refractivity contribution in [1.82, 2.24) is 4.98 Å². The number of phosphoric acid groups is 2. The second kappa shape index (κ2) is 3.75. The van der Waals surface area contributed by atoms with E-state index in [1.54, 1.807) is 0 Å². The van der Waals surface area contributed by atoms with Gasteiger partial charge in [-0.25, -0.2) is 23.2 Å². The molecule has 1 saturated heterocycles. The van der Waals surface area contributed by atoms with Crippen LogP contribution in [0.4, 0.5) is 0 Å². The maximum Gasteiger partial charge on any atom is 0.564 e. The second-order valence-corrected chi connectivity index (χ2v) is 7.31. The zero-order valence-electron chi connectivity index (χ0n) is 10.1. The number of hydrogen-bond acceptors (Lipinski definition) is 12. The van der Waals surface area contributed by atoms with E-state index in [9.17, 15) is 13.9 Å². The summed E-state index contributed by atoms with van der Waals surface area (Å²) >= 11 is 0. The highest BCUT2D eigenvalue weighted by Gasteiger charge is 2.68. The monoisotopic (exact) mass is 351 g/mol. The molecular formula is C8H3NO11P2. The average molecular weight is 351 g/mol. The number of pyridine rings is 1. The minimum absolute atomic E-state index is 0.0216. The standard InChI is InChI=1S/C8H3NO11P2/c10-1-3-5-7-9-4-2-13-21(11,19-14-6(3)4)17-8(5)16-20-22(12,15-7)18-8/h1H,2H2. The van der Waals surface area contributed by atoms with Crippen molar-refractivity contribution in [2.45, 2.75) is 12.6 Å². The fourth-order valence-electron chi connectivity index (χ4n) is 2.29. The van der Waals surface area contributed by atoms with E-state index >= 15 is 0 Å². The molecule has 4 aliphatic heterocycles. The van der Waals surface area contributed by atoms with Gasteiger partial charge >= 0.3 is 21.6 Å². The van der Waals surface area contributed by atoms with Crippen LogP contribution in [0.15, 0.2) is 0 Å². The minimum Gasteiger partial charge on any atom is -0.383 e. The normalized spacial score (nSPS) is 40.4. The Morgan fingerprint density at radius 1 is 1.18 bits per heavy atom. The van der Waals surface area contributed by atoms with Gasteiger partial charge in [-0.1, -0.05) is 4.67 Å². The van der Waals surface area contributed by atoms with E-state index in [0.717, 1.165) is 0 Å². The van der Waals surface area contributed by atoms with Crippen molar-refractivity contribution in [1.29, 1.82) is 0 Å². The van der Waals surface area contributed by atoms with Gasteiger partial charge in [-0.15, -0.1) is 4.67 Å². The Morgan fingerprint density at radius 3 is 2.82 bits per heavy atom. The van der Waals surface area contributed by atoms with E-state index < -0.39 is 21.6 Å². The maximum atomic E-state index is 12.4. The van der Waals surface area contributed by atoms with Gasteiger partial charge in [0.15, 0.2) is 6.29 Å². The summed E-state index contributed by atoms with van der Waals surface area (Å²) in [5, 5.41) is 0. The van der Waals surface area contributed by atoms with E-state index in [1.807, 2.05) is 0 Å². The highest BCUT2D eigenvalue weighted by Crippen LogP contribution is 2.73. The molecule has 5 rings (SSSR count). The molecule has 22 heavy (non-hydrogen) atoms. The molecule has 0 saturated carbocycles. The number of aromatic nitrogens is 1. The molecule has 0 aliphatic carbocycles. The zero-order valence-corrected chi connectivity index (χ0v) is 11.9. The number of hydrogen-bond donors (Lipinski definition) is 0. The molecule has 3 atom stereocenters. The molecule has 1 spiro atoms. The third-order valence-corrected chi connectivity index (χ3v) is 5.41. The fourth-order valence-corrected chi connectivity index (χ4v) is 4.46. The predicted molar refractivity (Wildman–Crippen MR) is 58.0 cm³/mol. The first kappa shape index (κ1) is 13.1. The van der Waals surface area contributed by atoms with E-state index in [0.29, 0.717) is 6.29 Å². The van der Waals surface area contributed by atoms with Crippen LogP contribution >= 0.6 is 15.6 Å². The first-order valence-corrected chi connectivity index (χ1v) is 8.60. The van der Waals surface area contributed by atoms with Crippen molar-refractivity contribution in [3.05, 3.63) is 16.8 Å². The van der Waals surface area contributed by atoms with Crippen molar-refractivity contribution in [3.63, 3.8) is 0 Å². The van der Waals surface area contributed by atoms with Crippen LogP contribution in [0, 0.1) is 0 Å². The lowest BCUT2D eigenvalue weighted by Crippen LogP contribution is -2.35. The van der Waals surface area contributed by atoms with Gasteiger partial charge in [-0.2, -0.15) is 4.89 Å². The van der Waals surface area contributed by atoms with Gasteiger partial charge in [0.05, 0.1) is 5.56 Å². The van der Waals surface area contributed by atoms with E-state index in [2.05, 4.69) is 14.3 Å². The number of phosphoric ester groups is 2. The summed E-state index contributed by atoms with van der Waals surface area (Å²) in [6, 6.07) is 0. The molecule has 0 radical (unpaired) electrons. The number of rotatable bonds is 1. The van der Waals surface area contributed by atoms with E-state index in [-0.39, 0.29) is 35.1 Å². The number of fused-ring (bicyclic) bond motifs is 3. The first-order valence-electron chi connectivity index (χ1n) is 5.68. The summed E-state index contributed by atoms with van der Waals surface area (Å²) in [7, 11) is -8.58. The molecule has 116 valence electrons. The highest BCUT2D eigenvalue weighted by atomic mass is 31.2. The number of aldehydes is 1. The predicted octanol–water partition coefficient (Wildman–Crippen LogP) is 1.46. The first-order chi connectivity index (χ1) is 10.5. The van der Waals surface area contributed by atoms with Gasteiger partial charge in [-0.05, 0) is 0 Å².